The van der Waals surface area contributed by atoms with Gasteiger partial charge in [0.2, 0.25) is 0 Å². The maximum Gasteiger partial charge on any atom is 0.258 e. The van der Waals surface area contributed by atoms with Crippen LogP contribution < -0.4 is 10.2 Å². The van der Waals surface area contributed by atoms with Crippen LogP contribution in [0.1, 0.15) is 10.4 Å². The van der Waals surface area contributed by atoms with Gasteiger partial charge in [0.05, 0.1) is 17.5 Å². The summed E-state index contributed by atoms with van der Waals surface area (Å²) in [5, 5.41) is 12.0. The molecule has 34 heavy (non-hydrogen) atoms. The number of nitrogens with zero attached hydrogens (tertiary/aromatic N) is 7. The second-order valence-electron chi connectivity index (χ2n) is 7.97. The van der Waals surface area contributed by atoms with Crippen LogP contribution in [-0.2, 0) is 7.05 Å². The zero-order valence-corrected chi connectivity index (χ0v) is 18.8. The van der Waals surface area contributed by atoms with Crippen molar-refractivity contribution in [3.8, 4) is 22.5 Å². The van der Waals surface area contributed by atoms with Crippen molar-refractivity contribution in [3.63, 3.8) is 0 Å². The SMILES string of the molecule is CN(C)c1ccc(C(=O)Nc2cn3nc(-c4cn(C)nc4-c4ccc(F)cc4)ccc3n2)cn1. The Bertz CT molecular complexity index is 1490. The lowest BCUT2D eigenvalue weighted by Gasteiger charge is -2.10. The fourth-order valence-electron chi connectivity index (χ4n) is 3.56. The molecule has 4 heterocycles. The number of anilines is 2. The van der Waals surface area contributed by atoms with E-state index >= 15 is 0 Å². The normalized spacial score (nSPS) is 11.1. The van der Waals surface area contributed by atoms with E-state index in [0.717, 1.165) is 16.9 Å². The zero-order chi connectivity index (χ0) is 23.8. The van der Waals surface area contributed by atoms with E-state index in [4.69, 9.17) is 0 Å². The molecular weight excluding hydrogens is 435 g/mol. The summed E-state index contributed by atoms with van der Waals surface area (Å²) in [6.07, 6.45) is 5.03. The first-order chi connectivity index (χ1) is 16.4. The fourth-order valence-corrected chi connectivity index (χ4v) is 3.56. The third-order valence-corrected chi connectivity index (χ3v) is 5.25. The van der Waals surface area contributed by atoms with Crippen LogP contribution in [0, 0.1) is 5.82 Å². The van der Waals surface area contributed by atoms with Crippen molar-refractivity contribution >= 4 is 23.2 Å². The molecule has 1 N–H and O–H groups in total. The number of hydrogen-bond acceptors (Lipinski definition) is 6. The van der Waals surface area contributed by atoms with Gasteiger partial charge < -0.3 is 10.2 Å². The average molecular weight is 456 g/mol. The number of carbonyl (C=O) groups is 1. The quantitative estimate of drug-likeness (QED) is 0.434. The Balaban J connectivity index is 1.43. The lowest BCUT2D eigenvalue weighted by Crippen LogP contribution is -2.14. The highest BCUT2D eigenvalue weighted by Crippen LogP contribution is 2.30. The van der Waals surface area contributed by atoms with E-state index in [0.29, 0.717) is 28.4 Å². The molecule has 170 valence electrons. The van der Waals surface area contributed by atoms with Gasteiger partial charge in [-0.05, 0) is 48.5 Å². The minimum Gasteiger partial charge on any atom is -0.363 e. The Kier molecular flexibility index (Phi) is 5.25. The second kappa shape index (κ2) is 8.39. The smallest absolute Gasteiger partial charge is 0.258 e. The fraction of sp³-hybridized carbons (Fsp3) is 0.125. The summed E-state index contributed by atoms with van der Waals surface area (Å²) in [6, 6.07) is 13.3. The molecule has 0 unspecified atom stereocenters. The Hall–Kier alpha value is -4.60. The summed E-state index contributed by atoms with van der Waals surface area (Å²) in [6.45, 7) is 0. The first-order valence-corrected chi connectivity index (χ1v) is 10.5. The summed E-state index contributed by atoms with van der Waals surface area (Å²) < 4.78 is 16.7. The molecule has 0 saturated carbocycles. The van der Waals surface area contributed by atoms with E-state index < -0.39 is 0 Å². The molecule has 9 nitrogen and oxygen atoms in total. The predicted molar refractivity (Wildman–Crippen MR) is 127 cm³/mol. The summed E-state index contributed by atoms with van der Waals surface area (Å²) in [5.41, 5.74) is 3.94. The van der Waals surface area contributed by atoms with Crippen molar-refractivity contribution < 1.29 is 9.18 Å². The number of aryl methyl sites for hydroxylation is 1. The standard InChI is InChI=1S/C24H21FN8O/c1-31(2)21-10-6-16(12-26-21)24(34)28-20-14-33-22(27-20)11-9-19(29-33)18-13-32(3)30-23(18)15-4-7-17(25)8-5-15/h4-14H,1-3H3,(H,28,34). The van der Waals surface area contributed by atoms with Gasteiger partial charge in [-0.3, -0.25) is 9.48 Å². The molecule has 0 aliphatic heterocycles. The van der Waals surface area contributed by atoms with E-state index in [1.54, 1.807) is 39.7 Å². The minimum absolute atomic E-state index is 0.307. The van der Waals surface area contributed by atoms with Gasteiger partial charge in [0, 0.05) is 44.7 Å². The first kappa shape index (κ1) is 21.3. The van der Waals surface area contributed by atoms with E-state index in [9.17, 15) is 9.18 Å². The van der Waals surface area contributed by atoms with Gasteiger partial charge in [0.1, 0.15) is 17.3 Å². The van der Waals surface area contributed by atoms with Gasteiger partial charge in [0.15, 0.2) is 11.5 Å². The van der Waals surface area contributed by atoms with Gasteiger partial charge in [0.25, 0.3) is 5.91 Å². The number of benzene rings is 1. The highest BCUT2D eigenvalue weighted by Gasteiger charge is 2.16. The summed E-state index contributed by atoms with van der Waals surface area (Å²) in [4.78, 5) is 23.2. The number of imidazole rings is 1. The highest BCUT2D eigenvalue weighted by molar-refractivity contribution is 6.03. The predicted octanol–water partition coefficient (Wildman–Crippen LogP) is 3.65. The number of carbonyl (C=O) groups excluding carboxylic acids is 1. The number of hydrogen-bond donors (Lipinski definition) is 1. The van der Waals surface area contributed by atoms with Crippen molar-refractivity contribution in [2.24, 2.45) is 7.05 Å². The molecule has 0 aliphatic rings. The lowest BCUT2D eigenvalue weighted by atomic mass is 10.1. The van der Waals surface area contributed by atoms with E-state index in [1.165, 1.54) is 18.3 Å². The van der Waals surface area contributed by atoms with Gasteiger partial charge >= 0.3 is 0 Å². The van der Waals surface area contributed by atoms with Crippen LogP contribution in [0.3, 0.4) is 0 Å². The van der Waals surface area contributed by atoms with Gasteiger partial charge in [-0.2, -0.15) is 10.2 Å². The van der Waals surface area contributed by atoms with Crippen LogP contribution in [0.5, 0.6) is 0 Å². The van der Waals surface area contributed by atoms with Crippen molar-refractivity contribution in [1.29, 1.82) is 0 Å². The van der Waals surface area contributed by atoms with Crippen molar-refractivity contribution in [3.05, 3.63) is 78.5 Å². The van der Waals surface area contributed by atoms with Crippen LogP contribution in [-0.4, -0.2) is 49.4 Å². The summed E-state index contributed by atoms with van der Waals surface area (Å²) >= 11 is 0. The van der Waals surface area contributed by atoms with Crippen LogP contribution in [0.4, 0.5) is 16.0 Å². The van der Waals surface area contributed by atoms with E-state index in [-0.39, 0.29) is 11.7 Å². The van der Waals surface area contributed by atoms with E-state index in [1.807, 2.05) is 44.4 Å². The molecule has 0 fully saturated rings. The highest BCUT2D eigenvalue weighted by atomic mass is 19.1. The third kappa shape index (κ3) is 4.08. The van der Waals surface area contributed by atoms with Gasteiger partial charge in [-0.1, -0.05) is 0 Å². The Morgan fingerprint density at radius 3 is 2.50 bits per heavy atom. The molecule has 1 amide bonds. The molecule has 10 heteroatoms. The van der Waals surface area contributed by atoms with Crippen LogP contribution in [0.2, 0.25) is 0 Å². The molecule has 0 bridgehead atoms. The van der Waals surface area contributed by atoms with Gasteiger partial charge in [-0.15, -0.1) is 0 Å². The number of halogens is 1. The summed E-state index contributed by atoms with van der Waals surface area (Å²) in [5.74, 6) is 0.512. The van der Waals surface area contributed by atoms with Crippen LogP contribution in [0.15, 0.2) is 67.1 Å². The molecule has 1 aromatic carbocycles. The first-order valence-electron chi connectivity index (χ1n) is 10.5. The number of fused-ring (bicyclic) bond motifs is 1. The van der Waals surface area contributed by atoms with Crippen molar-refractivity contribution in [1.82, 2.24) is 29.4 Å². The number of amides is 1. The van der Waals surface area contributed by atoms with Gasteiger partial charge in [-0.25, -0.2) is 18.9 Å². The molecule has 0 spiro atoms. The zero-order valence-electron chi connectivity index (χ0n) is 18.8. The molecule has 5 aromatic rings. The third-order valence-electron chi connectivity index (χ3n) is 5.25. The maximum atomic E-state index is 13.4. The average Bonchev–Trinajstić information content (AvgIpc) is 3.41. The molecule has 0 atom stereocenters. The van der Waals surface area contributed by atoms with Crippen LogP contribution >= 0.6 is 0 Å². The van der Waals surface area contributed by atoms with Crippen LogP contribution in [0.25, 0.3) is 28.2 Å². The molecule has 0 radical (unpaired) electrons. The number of rotatable bonds is 5. The van der Waals surface area contributed by atoms with Crippen molar-refractivity contribution in [2.75, 3.05) is 24.3 Å². The molecule has 0 saturated heterocycles. The largest absolute Gasteiger partial charge is 0.363 e. The van der Waals surface area contributed by atoms with E-state index in [2.05, 4.69) is 25.5 Å². The Labute approximate surface area is 194 Å². The minimum atomic E-state index is -0.313. The number of aromatic nitrogens is 6. The van der Waals surface area contributed by atoms with Crippen molar-refractivity contribution in [2.45, 2.75) is 0 Å². The Morgan fingerprint density at radius 1 is 1.00 bits per heavy atom. The molecule has 5 rings (SSSR count). The second-order valence-corrected chi connectivity index (χ2v) is 7.97. The maximum absolute atomic E-state index is 13.4. The monoisotopic (exact) mass is 456 g/mol. The lowest BCUT2D eigenvalue weighted by molar-refractivity contribution is 0.102. The Morgan fingerprint density at radius 2 is 1.79 bits per heavy atom. The molecule has 4 aromatic heterocycles. The number of pyridine rings is 1. The topological polar surface area (TPSA) is 93.2 Å². The number of nitrogens with one attached hydrogen (secondary N) is 1. The molecular formula is C24H21FN8O. The molecule has 0 aliphatic carbocycles. The summed E-state index contributed by atoms with van der Waals surface area (Å²) in [7, 11) is 5.59.